The van der Waals surface area contributed by atoms with Crippen LogP contribution in [0.2, 0.25) is 0 Å². The molecule has 1 aliphatic heterocycles. The van der Waals surface area contributed by atoms with E-state index in [0.29, 0.717) is 12.1 Å². The Morgan fingerprint density at radius 3 is 2.30 bits per heavy atom. The van der Waals surface area contributed by atoms with Gasteiger partial charge in [-0.1, -0.05) is 30.3 Å². The van der Waals surface area contributed by atoms with E-state index >= 15 is 0 Å². The predicted molar refractivity (Wildman–Crippen MR) is 72.3 cm³/mol. The van der Waals surface area contributed by atoms with Crippen LogP contribution in [0.4, 0.5) is 0 Å². The van der Waals surface area contributed by atoms with Crippen LogP contribution < -0.4 is 5.73 Å². The molecule has 1 saturated heterocycles. The molecule has 2 unspecified atom stereocenters. The summed E-state index contributed by atoms with van der Waals surface area (Å²) in [5.41, 5.74) is 4.32. The summed E-state index contributed by atoms with van der Waals surface area (Å²) >= 11 is 0. The first-order valence-corrected chi connectivity index (χ1v) is 8.21. The molecule has 0 bridgehead atoms. The minimum Gasteiger partial charge on any atom is -0.356 e. The third-order valence-electron chi connectivity index (χ3n) is 3.35. The van der Waals surface area contributed by atoms with Crippen LogP contribution in [0.5, 0.6) is 0 Å². The van der Waals surface area contributed by atoms with Gasteiger partial charge in [-0.05, 0) is 5.56 Å². The highest BCUT2D eigenvalue weighted by molar-refractivity contribution is 7.92. The first kappa shape index (κ1) is 14.7. The van der Waals surface area contributed by atoms with Gasteiger partial charge in [0.2, 0.25) is 5.78 Å². The molecule has 0 aromatic heterocycles. The molecule has 3 N–H and O–H groups in total. The van der Waals surface area contributed by atoms with Crippen molar-refractivity contribution in [2.75, 3.05) is 19.3 Å². The zero-order valence-corrected chi connectivity index (χ0v) is 12.0. The Labute approximate surface area is 117 Å². The van der Waals surface area contributed by atoms with E-state index in [-0.39, 0.29) is 6.54 Å². The number of rotatable bonds is 4. The number of carbonyl (C=O) groups is 2. The number of sulfone groups is 1. The average Bonchev–Trinajstić information content (AvgIpc) is 2.65. The highest BCUT2D eigenvalue weighted by Crippen LogP contribution is 2.34. The normalized spacial score (nSPS) is 23.4. The Morgan fingerprint density at radius 1 is 1.20 bits per heavy atom. The van der Waals surface area contributed by atoms with E-state index in [1.807, 2.05) is 0 Å². The van der Waals surface area contributed by atoms with Crippen LogP contribution in [0.15, 0.2) is 30.3 Å². The number of amides is 1. The minimum atomic E-state index is -3.67. The van der Waals surface area contributed by atoms with E-state index in [1.165, 1.54) is 4.90 Å². The summed E-state index contributed by atoms with van der Waals surface area (Å²) < 4.78 is 23.8. The van der Waals surface area contributed by atoms with Gasteiger partial charge in [-0.3, -0.25) is 9.59 Å². The van der Waals surface area contributed by atoms with Gasteiger partial charge in [-0.2, -0.15) is 0 Å². The Morgan fingerprint density at radius 2 is 1.80 bits per heavy atom. The summed E-state index contributed by atoms with van der Waals surface area (Å²) in [4.78, 5) is 25.4. The Hall–Kier alpha value is -1.73. The van der Waals surface area contributed by atoms with Crippen molar-refractivity contribution in [3.8, 4) is 0 Å². The molecule has 1 aromatic carbocycles. The second-order valence-electron chi connectivity index (χ2n) is 4.82. The average molecular weight is 297 g/mol. The van der Waals surface area contributed by atoms with E-state index in [4.69, 9.17) is 0 Å². The summed E-state index contributed by atoms with van der Waals surface area (Å²) in [6.07, 6.45) is 0.993. The number of hydrogen-bond acceptors (Lipinski definition) is 4. The molecule has 0 saturated carbocycles. The van der Waals surface area contributed by atoms with Crippen molar-refractivity contribution >= 4 is 21.5 Å². The standard InChI is InChI=1S/C13H16N2O4S/c1-20(18,19)12-10(9-5-3-2-4-6-9)15(8-7-14)13(17)11(12)16/h2-6,10,12H,7-8,14H2,1H3/p+1. The summed E-state index contributed by atoms with van der Waals surface area (Å²) in [5, 5.41) is -1.33. The van der Waals surface area contributed by atoms with E-state index < -0.39 is 32.8 Å². The van der Waals surface area contributed by atoms with E-state index in [2.05, 4.69) is 5.73 Å². The molecule has 108 valence electrons. The quantitative estimate of drug-likeness (QED) is 0.705. The highest BCUT2D eigenvalue weighted by Gasteiger charge is 2.52. The molecule has 1 aliphatic rings. The monoisotopic (exact) mass is 297 g/mol. The Balaban J connectivity index is 2.55. The zero-order chi connectivity index (χ0) is 14.9. The Bertz CT molecular complexity index is 627. The van der Waals surface area contributed by atoms with Crippen molar-refractivity contribution < 1.29 is 23.7 Å². The number of ketones is 1. The second-order valence-corrected chi connectivity index (χ2v) is 6.99. The topological polar surface area (TPSA) is 99.2 Å². The van der Waals surface area contributed by atoms with Gasteiger partial charge in [0.05, 0.1) is 19.1 Å². The minimum absolute atomic E-state index is 0.260. The largest absolute Gasteiger partial charge is 0.356 e. The number of carbonyl (C=O) groups excluding carboxylic acids is 2. The van der Waals surface area contributed by atoms with Crippen molar-refractivity contribution in [3.05, 3.63) is 35.9 Å². The van der Waals surface area contributed by atoms with Gasteiger partial charge < -0.3 is 10.6 Å². The van der Waals surface area contributed by atoms with Crippen molar-refractivity contribution in [1.82, 2.24) is 4.90 Å². The summed E-state index contributed by atoms with van der Waals surface area (Å²) in [6.45, 7) is 0.676. The van der Waals surface area contributed by atoms with Gasteiger partial charge in [0, 0.05) is 6.26 Å². The Kier molecular flexibility index (Phi) is 3.92. The van der Waals surface area contributed by atoms with E-state index in [0.717, 1.165) is 6.26 Å². The molecule has 7 heteroatoms. The van der Waals surface area contributed by atoms with Crippen LogP contribution in [-0.4, -0.2) is 49.6 Å². The lowest BCUT2D eigenvalue weighted by Gasteiger charge is -2.25. The molecule has 0 radical (unpaired) electrons. The molecule has 20 heavy (non-hydrogen) atoms. The third-order valence-corrected chi connectivity index (χ3v) is 4.75. The lowest BCUT2D eigenvalue weighted by atomic mass is 10.0. The SMILES string of the molecule is CS(=O)(=O)C1C(=O)C(=O)N(CC[NH3+])C1c1ccccc1. The van der Waals surface area contributed by atoms with Crippen molar-refractivity contribution in [1.29, 1.82) is 0 Å². The van der Waals surface area contributed by atoms with Crippen LogP contribution in [0, 0.1) is 0 Å². The lowest BCUT2D eigenvalue weighted by molar-refractivity contribution is -0.368. The van der Waals surface area contributed by atoms with Crippen LogP contribution in [0.3, 0.4) is 0 Å². The number of nitrogens with zero attached hydrogens (tertiary/aromatic N) is 1. The molecule has 1 heterocycles. The van der Waals surface area contributed by atoms with Gasteiger partial charge in [0.25, 0.3) is 5.91 Å². The van der Waals surface area contributed by atoms with Crippen LogP contribution in [0.25, 0.3) is 0 Å². The van der Waals surface area contributed by atoms with Crippen LogP contribution in [-0.2, 0) is 19.4 Å². The van der Waals surface area contributed by atoms with Crippen LogP contribution in [0.1, 0.15) is 11.6 Å². The first-order chi connectivity index (χ1) is 9.38. The number of hydrogen-bond donors (Lipinski definition) is 1. The fourth-order valence-corrected chi connectivity index (χ4v) is 3.80. The van der Waals surface area contributed by atoms with Crippen LogP contribution >= 0.6 is 0 Å². The maximum absolute atomic E-state index is 12.0. The second kappa shape index (κ2) is 5.34. The molecule has 1 aromatic rings. The molecule has 1 fully saturated rings. The smallest absolute Gasteiger partial charge is 0.292 e. The molecule has 2 rings (SSSR count). The fourth-order valence-electron chi connectivity index (χ4n) is 2.54. The van der Waals surface area contributed by atoms with Crippen molar-refractivity contribution in [2.45, 2.75) is 11.3 Å². The summed E-state index contributed by atoms with van der Waals surface area (Å²) in [7, 11) is -3.67. The van der Waals surface area contributed by atoms with Crippen molar-refractivity contribution in [2.24, 2.45) is 0 Å². The predicted octanol–water partition coefficient (Wildman–Crippen LogP) is -1.21. The molecule has 1 amide bonds. The zero-order valence-electron chi connectivity index (χ0n) is 11.2. The van der Waals surface area contributed by atoms with E-state index in [9.17, 15) is 18.0 Å². The van der Waals surface area contributed by atoms with E-state index in [1.54, 1.807) is 30.3 Å². The fraction of sp³-hybridized carbons (Fsp3) is 0.385. The number of Topliss-reactive ketones (excluding diaryl/α,β-unsaturated/α-hetero) is 1. The van der Waals surface area contributed by atoms with Gasteiger partial charge in [0.15, 0.2) is 15.1 Å². The molecule has 2 atom stereocenters. The van der Waals surface area contributed by atoms with Crippen molar-refractivity contribution in [3.63, 3.8) is 0 Å². The lowest BCUT2D eigenvalue weighted by Crippen LogP contribution is -2.55. The van der Waals surface area contributed by atoms with Gasteiger partial charge in [-0.25, -0.2) is 8.42 Å². The molecular weight excluding hydrogens is 280 g/mol. The molecule has 0 aliphatic carbocycles. The molecular formula is C13H17N2O4S+. The summed E-state index contributed by atoms with van der Waals surface area (Å²) in [6, 6.07) is 8.00. The number of benzene rings is 1. The molecule has 0 spiro atoms. The highest BCUT2D eigenvalue weighted by atomic mass is 32.2. The third kappa shape index (κ3) is 2.46. The number of quaternary nitrogens is 1. The van der Waals surface area contributed by atoms with Gasteiger partial charge in [0.1, 0.15) is 0 Å². The van der Waals surface area contributed by atoms with Gasteiger partial charge in [-0.15, -0.1) is 0 Å². The summed E-state index contributed by atoms with van der Waals surface area (Å²) in [5.74, 6) is -1.59. The maximum atomic E-state index is 12.0. The number of likely N-dealkylation sites (tertiary alicyclic amines) is 1. The molecule has 6 nitrogen and oxygen atoms in total. The van der Waals surface area contributed by atoms with Gasteiger partial charge >= 0.3 is 0 Å². The first-order valence-electron chi connectivity index (χ1n) is 6.25. The maximum Gasteiger partial charge on any atom is 0.292 e.